The van der Waals surface area contributed by atoms with Gasteiger partial charge >= 0.3 is 0 Å². The summed E-state index contributed by atoms with van der Waals surface area (Å²) in [5.41, 5.74) is 10.9. The predicted octanol–water partition coefficient (Wildman–Crippen LogP) is 12.7. The van der Waals surface area contributed by atoms with E-state index < -0.39 is 5.41 Å². The summed E-state index contributed by atoms with van der Waals surface area (Å²) in [5, 5.41) is 3.68. The van der Waals surface area contributed by atoms with E-state index in [1.54, 1.807) is 6.07 Å². The topological polar surface area (TPSA) is 16.4 Å². The number of rotatable bonds is 5. The summed E-state index contributed by atoms with van der Waals surface area (Å²) in [4.78, 5) is 2.34. The van der Waals surface area contributed by atoms with Gasteiger partial charge in [0.15, 0.2) is 0 Å². The Morgan fingerprint density at radius 1 is 0.460 bits per heavy atom. The fourth-order valence-electron chi connectivity index (χ4n) is 8.38. The van der Waals surface area contributed by atoms with Crippen LogP contribution < -0.4 is 4.90 Å². The molecule has 236 valence electrons. The number of para-hydroxylation sites is 2. The maximum absolute atomic E-state index is 15.4. The first-order chi connectivity index (χ1) is 24.7. The van der Waals surface area contributed by atoms with Crippen molar-refractivity contribution in [3.05, 3.63) is 210 Å². The van der Waals surface area contributed by atoms with Crippen molar-refractivity contribution in [2.75, 3.05) is 4.90 Å². The van der Waals surface area contributed by atoms with Crippen molar-refractivity contribution in [2.45, 2.75) is 5.41 Å². The molecule has 1 aliphatic rings. The lowest BCUT2D eigenvalue weighted by atomic mass is 9.67. The van der Waals surface area contributed by atoms with Gasteiger partial charge < -0.3 is 9.32 Å². The van der Waals surface area contributed by atoms with Crippen LogP contribution in [-0.4, -0.2) is 0 Å². The first kappa shape index (κ1) is 28.6. The Morgan fingerprint density at radius 2 is 1.10 bits per heavy atom. The first-order valence-corrected chi connectivity index (χ1v) is 17.0. The van der Waals surface area contributed by atoms with Gasteiger partial charge in [-0.1, -0.05) is 133 Å². The second kappa shape index (κ2) is 11.0. The maximum atomic E-state index is 15.4. The SMILES string of the molecule is Fc1cccc2c3c(ccc12)C(c1ccccc1)(c1ccccc1)c1cc(N(c2ccccc2)c2cccc4oc5ccccc5c24)ccc1-3. The van der Waals surface area contributed by atoms with E-state index in [0.29, 0.717) is 5.39 Å². The number of benzene rings is 8. The molecule has 0 atom stereocenters. The molecule has 1 aromatic heterocycles. The molecular formula is C47H30FNO. The molecule has 2 nitrogen and oxygen atoms in total. The average Bonchev–Trinajstić information content (AvgIpc) is 3.71. The molecule has 0 spiro atoms. The van der Waals surface area contributed by atoms with Crippen LogP contribution >= 0.6 is 0 Å². The van der Waals surface area contributed by atoms with Crippen LogP contribution in [0.3, 0.4) is 0 Å². The minimum absolute atomic E-state index is 0.212. The summed E-state index contributed by atoms with van der Waals surface area (Å²) in [6.07, 6.45) is 0. The van der Waals surface area contributed by atoms with Crippen LogP contribution in [0.15, 0.2) is 186 Å². The molecule has 10 rings (SSSR count). The Morgan fingerprint density at radius 3 is 1.86 bits per heavy atom. The molecule has 0 amide bonds. The highest BCUT2D eigenvalue weighted by atomic mass is 19.1. The summed E-state index contributed by atoms with van der Waals surface area (Å²) >= 11 is 0. The highest BCUT2D eigenvalue weighted by Crippen LogP contribution is 2.59. The molecule has 50 heavy (non-hydrogen) atoms. The first-order valence-electron chi connectivity index (χ1n) is 17.0. The van der Waals surface area contributed by atoms with Gasteiger partial charge in [0, 0.05) is 22.1 Å². The molecular weight excluding hydrogens is 614 g/mol. The van der Waals surface area contributed by atoms with Crippen molar-refractivity contribution in [3.8, 4) is 11.1 Å². The van der Waals surface area contributed by atoms with Gasteiger partial charge in [-0.2, -0.15) is 0 Å². The molecule has 1 aliphatic carbocycles. The van der Waals surface area contributed by atoms with E-state index in [1.165, 1.54) is 0 Å². The van der Waals surface area contributed by atoms with Gasteiger partial charge in [-0.25, -0.2) is 4.39 Å². The van der Waals surface area contributed by atoms with Crippen LogP contribution in [0.25, 0.3) is 43.8 Å². The van der Waals surface area contributed by atoms with Crippen LogP contribution in [0.2, 0.25) is 0 Å². The zero-order valence-corrected chi connectivity index (χ0v) is 27.1. The summed E-state index contributed by atoms with van der Waals surface area (Å²) in [6.45, 7) is 0. The molecule has 0 unspecified atom stereocenters. The standard InChI is InChI=1S/C47H30FNO/c48-41-22-12-21-36-35(41)28-29-39-45(36)37-27-26-34(30-40(37)47(39,31-14-4-1-5-15-31)32-16-6-2-7-17-32)49(33-18-8-3-9-19-33)42-23-13-25-44-46(42)38-20-10-11-24-43(38)50-44/h1-30H. The molecule has 9 aromatic rings. The molecule has 8 aromatic carbocycles. The fourth-order valence-corrected chi connectivity index (χ4v) is 8.38. The van der Waals surface area contributed by atoms with Crippen LogP contribution in [0.1, 0.15) is 22.3 Å². The third-order valence-electron chi connectivity index (χ3n) is 10.4. The minimum Gasteiger partial charge on any atom is -0.456 e. The monoisotopic (exact) mass is 643 g/mol. The highest BCUT2D eigenvalue weighted by molar-refractivity contribution is 6.13. The zero-order chi connectivity index (χ0) is 33.2. The molecule has 0 bridgehead atoms. The summed E-state index contributed by atoms with van der Waals surface area (Å²) < 4.78 is 21.8. The second-order valence-electron chi connectivity index (χ2n) is 13.0. The van der Waals surface area contributed by atoms with Gasteiger partial charge in [0.1, 0.15) is 17.0 Å². The Balaban J connectivity index is 1.33. The normalized spacial score (nSPS) is 13.1. The van der Waals surface area contributed by atoms with Crippen LogP contribution in [-0.2, 0) is 5.41 Å². The third-order valence-corrected chi connectivity index (χ3v) is 10.4. The number of fused-ring (bicyclic) bond motifs is 8. The number of hydrogen-bond donors (Lipinski definition) is 0. The maximum Gasteiger partial charge on any atom is 0.137 e. The Labute approximate surface area is 289 Å². The van der Waals surface area contributed by atoms with E-state index in [1.807, 2.05) is 30.3 Å². The van der Waals surface area contributed by atoms with Crippen molar-refractivity contribution in [1.29, 1.82) is 0 Å². The van der Waals surface area contributed by atoms with E-state index in [9.17, 15) is 0 Å². The molecule has 0 radical (unpaired) electrons. The molecule has 0 N–H and O–H groups in total. The zero-order valence-electron chi connectivity index (χ0n) is 27.1. The second-order valence-corrected chi connectivity index (χ2v) is 13.0. The number of furan rings is 1. The van der Waals surface area contributed by atoms with Crippen molar-refractivity contribution < 1.29 is 8.81 Å². The Hall–Kier alpha value is -6.45. The van der Waals surface area contributed by atoms with E-state index in [-0.39, 0.29) is 5.82 Å². The number of anilines is 3. The van der Waals surface area contributed by atoms with Crippen molar-refractivity contribution in [1.82, 2.24) is 0 Å². The quantitative estimate of drug-likeness (QED) is 0.186. The van der Waals surface area contributed by atoms with Gasteiger partial charge in [-0.15, -0.1) is 0 Å². The summed E-state index contributed by atoms with van der Waals surface area (Å²) in [6, 6.07) is 62.9. The van der Waals surface area contributed by atoms with Gasteiger partial charge in [-0.3, -0.25) is 0 Å². The fraction of sp³-hybridized carbons (Fsp3) is 0.0213. The lowest BCUT2D eigenvalue weighted by Gasteiger charge is -2.35. The molecule has 3 heteroatoms. The van der Waals surface area contributed by atoms with Crippen molar-refractivity contribution in [3.63, 3.8) is 0 Å². The Bertz CT molecular complexity index is 2680. The molecule has 1 heterocycles. The van der Waals surface area contributed by atoms with E-state index in [4.69, 9.17) is 4.42 Å². The highest BCUT2D eigenvalue weighted by Gasteiger charge is 2.47. The van der Waals surface area contributed by atoms with E-state index in [0.717, 1.165) is 77.8 Å². The van der Waals surface area contributed by atoms with Crippen LogP contribution in [0.5, 0.6) is 0 Å². The van der Waals surface area contributed by atoms with Crippen molar-refractivity contribution in [2.24, 2.45) is 0 Å². The predicted molar refractivity (Wildman–Crippen MR) is 203 cm³/mol. The van der Waals surface area contributed by atoms with Gasteiger partial charge in [0.25, 0.3) is 0 Å². The molecule has 0 saturated carbocycles. The summed E-state index contributed by atoms with van der Waals surface area (Å²) in [5.74, 6) is -0.212. The largest absolute Gasteiger partial charge is 0.456 e. The number of hydrogen-bond acceptors (Lipinski definition) is 2. The van der Waals surface area contributed by atoms with E-state index in [2.05, 4.69) is 150 Å². The van der Waals surface area contributed by atoms with Gasteiger partial charge in [0.2, 0.25) is 0 Å². The van der Waals surface area contributed by atoms with Crippen LogP contribution in [0.4, 0.5) is 21.5 Å². The average molecular weight is 644 g/mol. The van der Waals surface area contributed by atoms with Crippen LogP contribution in [0, 0.1) is 5.82 Å². The minimum atomic E-state index is -0.652. The lowest BCUT2D eigenvalue weighted by molar-refractivity contribution is 0.640. The molecule has 0 saturated heterocycles. The third kappa shape index (κ3) is 4.01. The van der Waals surface area contributed by atoms with Gasteiger partial charge in [0.05, 0.1) is 16.5 Å². The number of nitrogens with zero attached hydrogens (tertiary/aromatic N) is 1. The molecule has 0 aliphatic heterocycles. The lowest BCUT2D eigenvalue weighted by Crippen LogP contribution is -2.28. The smallest absolute Gasteiger partial charge is 0.137 e. The van der Waals surface area contributed by atoms with E-state index >= 15 is 4.39 Å². The number of halogens is 1. The van der Waals surface area contributed by atoms with Gasteiger partial charge in [-0.05, 0) is 87.3 Å². The van der Waals surface area contributed by atoms with Crippen molar-refractivity contribution >= 4 is 49.8 Å². The molecule has 0 fully saturated rings. The summed E-state index contributed by atoms with van der Waals surface area (Å²) in [7, 11) is 0. The Kier molecular flexibility index (Phi) is 6.31.